The number of rotatable bonds is 1. The number of nitrogens with two attached hydrogens (primary N) is 1. The zero-order valence-corrected chi connectivity index (χ0v) is 4.36. The van der Waals surface area contributed by atoms with E-state index in [4.69, 9.17) is 10.3 Å². The van der Waals surface area contributed by atoms with Gasteiger partial charge < -0.3 is 10.3 Å². The molecule has 3 nitrogen and oxygen atoms in total. The smallest absolute Gasteiger partial charge is 0.223 e. The molecule has 0 rings (SSSR count). The second kappa shape index (κ2) is 3.77. The highest BCUT2D eigenvalue weighted by atomic mass is 32.1. The van der Waals surface area contributed by atoms with Gasteiger partial charge in [-0.05, 0) is 0 Å². The highest BCUT2D eigenvalue weighted by Crippen LogP contribution is 1.67. The van der Waals surface area contributed by atoms with Crippen LogP contribution in [0.25, 0.3) is 0 Å². The lowest BCUT2D eigenvalue weighted by atomic mass is 10.5. The summed E-state index contributed by atoms with van der Waals surface area (Å²) in [4.78, 5) is 9.99. The predicted molar refractivity (Wildman–Crippen MR) is 28.2 cm³/mol. The first-order chi connectivity index (χ1) is 3.31. The molecule has 0 aliphatic carbocycles. The minimum Gasteiger partial charge on any atom is -0.323 e. The Balaban J connectivity index is 3.52. The van der Waals surface area contributed by atoms with E-state index in [0.717, 1.165) is 0 Å². The van der Waals surface area contributed by atoms with Gasteiger partial charge in [0, 0.05) is 16.6 Å². The third-order valence-electron chi connectivity index (χ3n) is 0.345. The lowest BCUT2D eigenvalue weighted by Gasteiger charge is -1.73. The second-order valence-electron chi connectivity index (χ2n) is 0.821. The molecule has 0 aromatic heterocycles. The number of ketones is 1. The molecular formula is C3H5NO2S. The Morgan fingerprint density at radius 2 is 2.57 bits per heavy atom. The first-order valence-electron chi connectivity index (χ1n) is 1.60. The quantitative estimate of drug-likeness (QED) is 0.465. The molecule has 0 amide bonds. The van der Waals surface area contributed by atoms with Crippen LogP contribution in [0.5, 0.6) is 0 Å². The lowest BCUT2D eigenvalue weighted by Crippen LogP contribution is -2.09. The van der Waals surface area contributed by atoms with Gasteiger partial charge in [0.15, 0.2) is 0 Å². The Hall–Kier alpha value is -0.410. The summed E-state index contributed by atoms with van der Waals surface area (Å²) < 4.78 is 7.90. The van der Waals surface area contributed by atoms with Crippen LogP contribution in [0.2, 0.25) is 0 Å². The van der Waals surface area contributed by atoms with Crippen LogP contribution in [-0.4, -0.2) is 16.9 Å². The van der Waals surface area contributed by atoms with Gasteiger partial charge in [-0.15, -0.1) is 0 Å². The number of carbonyl (C=O) groups is 1. The van der Waals surface area contributed by atoms with Gasteiger partial charge in [-0.1, -0.05) is 0 Å². The van der Waals surface area contributed by atoms with Gasteiger partial charge in [0.2, 0.25) is 5.78 Å². The van der Waals surface area contributed by atoms with Gasteiger partial charge in [-0.3, -0.25) is 4.79 Å². The van der Waals surface area contributed by atoms with Crippen LogP contribution in [0.4, 0.5) is 0 Å². The molecule has 0 aromatic carbocycles. The Morgan fingerprint density at radius 1 is 2.00 bits per heavy atom. The maximum Gasteiger partial charge on any atom is 0.223 e. The van der Waals surface area contributed by atoms with E-state index in [2.05, 4.69) is 0 Å². The summed E-state index contributed by atoms with van der Waals surface area (Å²) in [6, 6.07) is 0. The average molecular weight is 119 g/mol. The fourth-order valence-corrected chi connectivity index (χ4v) is 0.278. The summed E-state index contributed by atoms with van der Waals surface area (Å²) in [6.45, 7) is -0.0897. The lowest BCUT2D eigenvalue weighted by molar-refractivity contribution is -0.112. The van der Waals surface area contributed by atoms with Gasteiger partial charge in [0.1, 0.15) is 0 Å². The summed E-state index contributed by atoms with van der Waals surface area (Å²) >= 11 is 0.255. The van der Waals surface area contributed by atoms with Crippen LogP contribution in [0.15, 0.2) is 0 Å². The third-order valence-corrected chi connectivity index (χ3v) is 0.664. The molecule has 4 heteroatoms. The molecule has 0 saturated heterocycles. The molecule has 0 unspecified atom stereocenters. The van der Waals surface area contributed by atoms with Crippen molar-refractivity contribution in [2.24, 2.45) is 5.73 Å². The third kappa shape index (κ3) is 3.42. The molecule has 0 atom stereocenters. The number of hydrogen-bond acceptors (Lipinski definition) is 3. The first-order valence-corrected chi connectivity index (χ1v) is 2.38. The molecule has 0 aliphatic heterocycles. The minimum absolute atomic E-state index is 0.0897. The van der Waals surface area contributed by atoms with Crippen molar-refractivity contribution in [3.63, 3.8) is 0 Å². The predicted octanol–water partition coefficient (Wildman–Crippen LogP) is -0.320. The van der Waals surface area contributed by atoms with Gasteiger partial charge in [0.05, 0.1) is 6.54 Å². The molecule has 0 heterocycles. The van der Waals surface area contributed by atoms with Crippen LogP contribution in [0, 0.1) is 5.18 Å². The Bertz CT molecular complexity index is 123. The van der Waals surface area contributed by atoms with Gasteiger partial charge in [0.25, 0.3) is 0 Å². The number of hydrogen-bond donors (Lipinski definition) is 2. The van der Waals surface area contributed by atoms with Crippen molar-refractivity contribution in [3.05, 3.63) is 0 Å². The van der Waals surface area contributed by atoms with Crippen molar-refractivity contribution in [1.82, 2.24) is 0 Å². The molecule has 0 bridgehead atoms. The second-order valence-corrected chi connectivity index (χ2v) is 1.21. The van der Waals surface area contributed by atoms with E-state index in [1.165, 1.54) is 0 Å². The van der Waals surface area contributed by atoms with Crippen LogP contribution in [-0.2, 0) is 4.79 Å². The first kappa shape index (κ1) is 6.59. The Labute approximate surface area is 44.9 Å². The summed E-state index contributed by atoms with van der Waals surface area (Å²) in [5, 5.41) is 2.00. The van der Waals surface area contributed by atoms with Crippen molar-refractivity contribution in [2.45, 2.75) is 0 Å². The summed E-state index contributed by atoms with van der Waals surface area (Å²) in [5.74, 6) is -0.382. The molecule has 0 aliphatic rings. The van der Waals surface area contributed by atoms with E-state index < -0.39 is 0 Å². The maximum absolute atomic E-state index is 9.99. The normalized spacial score (nSPS) is 7.14. The number of Topliss-reactive ketones (excluding diaryl/α,β-unsaturated/α-hetero) is 1. The zero-order chi connectivity index (χ0) is 5.70. The largest absolute Gasteiger partial charge is 0.323 e. The van der Waals surface area contributed by atoms with Crippen molar-refractivity contribution in [3.8, 4) is 5.18 Å². The summed E-state index contributed by atoms with van der Waals surface area (Å²) in [6.07, 6.45) is 0. The van der Waals surface area contributed by atoms with Crippen molar-refractivity contribution in [2.75, 3.05) is 6.54 Å². The number of carbonyl (C=O) groups excluding carboxylic acids is 1. The highest BCUT2D eigenvalue weighted by Gasteiger charge is 1.85. The molecule has 0 radical (unpaired) electrons. The topological polar surface area (TPSA) is 63.3 Å². The van der Waals surface area contributed by atoms with Gasteiger partial charge in [-0.2, -0.15) is 0 Å². The van der Waals surface area contributed by atoms with Crippen LogP contribution in [0.1, 0.15) is 0 Å². The van der Waals surface area contributed by atoms with E-state index in [9.17, 15) is 4.79 Å². The van der Waals surface area contributed by atoms with Crippen LogP contribution in [0.3, 0.4) is 0 Å². The molecular weight excluding hydrogens is 114 g/mol. The molecule has 0 fully saturated rings. The maximum atomic E-state index is 9.99. The van der Waals surface area contributed by atoms with E-state index in [1.54, 1.807) is 0 Å². The minimum atomic E-state index is -0.382. The van der Waals surface area contributed by atoms with Gasteiger partial charge in [-0.25, -0.2) is 0 Å². The molecule has 7 heavy (non-hydrogen) atoms. The Morgan fingerprint density at radius 3 is 2.71 bits per heavy atom. The summed E-state index contributed by atoms with van der Waals surface area (Å²) in [7, 11) is 0. The molecule has 0 aromatic rings. The standard InChI is InChI=1S/C3H5NO2S/c4-1-3(5)2-7-6/h6H,1,4H2. The van der Waals surface area contributed by atoms with E-state index >= 15 is 0 Å². The average Bonchev–Trinajstić information content (AvgIpc) is 1.68. The van der Waals surface area contributed by atoms with Gasteiger partial charge >= 0.3 is 0 Å². The van der Waals surface area contributed by atoms with E-state index in [0.29, 0.717) is 0 Å². The van der Waals surface area contributed by atoms with Crippen molar-refractivity contribution >= 4 is 17.2 Å². The molecule has 0 saturated carbocycles. The SMILES string of the molecule is NCC(=O)C#SO. The fourth-order valence-electron chi connectivity index (χ4n) is 0.0926. The van der Waals surface area contributed by atoms with Crippen molar-refractivity contribution < 1.29 is 9.35 Å². The molecule has 0 spiro atoms. The van der Waals surface area contributed by atoms with Crippen LogP contribution >= 0.6 is 11.5 Å². The zero-order valence-electron chi connectivity index (χ0n) is 3.55. The molecule has 3 N–H and O–H groups in total. The van der Waals surface area contributed by atoms with Crippen LogP contribution < -0.4 is 5.73 Å². The Kier molecular flexibility index (Phi) is 3.55. The highest BCUT2D eigenvalue weighted by molar-refractivity contribution is 7.83. The van der Waals surface area contributed by atoms with E-state index in [-0.39, 0.29) is 23.8 Å². The fraction of sp³-hybridized carbons (Fsp3) is 0.333. The summed E-state index contributed by atoms with van der Waals surface area (Å²) in [5.41, 5.74) is 4.82. The monoisotopic (exact) mass is 119 g/mol. The van der Waals surface area contributed by atoms with E-state index in [1.807, 2.05) is 5.18 Å². The molecule has 40 valence electrons. The van der Waals surface area contributed by atoms with Crippen molar-refractivity contribution in [1.29, 1.82) is 0 Å².